The average molecular weight is 495 g/mol. The van der Waals surface area contributed by atoms with E-state index in [9.17, 15) is 4.79 Å². The SMILES string of the molecule is CCCCCn1c(SCc2nc(-c3ccc(OCC)cc3)no2)nc2cc3c(cc2c1=O)OCO3. The minimum Gasteiger partial charge on any atom is -0.494 e. The summed E-state index contributed by atoms with van der Waals surface area (Å²) in [5.41, 5.74) is 1.33. The van der Waals surface area contributed by atoms with Crippen molar-refractivity contribution in [1.82, 2.24) is 19.7 Å². The second-order valence-corrected chi connectivity index (χ2v) is 8.98. The molecule has 0 radical (unpaired) electrons. The van der Waals surface area contributed by atoms with Crippen LogP contribution in [0.4, 0.5) is 0 Å². The van der Waals surface area contributed by atoms with Crippen molar-refractivity contribution < 1.29 is 18.7 Å². The molecule has 0 aliphatic carbocycles. The van der Waals surface area contributed by atoms with E-state index in [0.29, 0.717) is 58.2 Å². The van der Waals surface area contributed by atoms with Crippen molar-refractivity contribution in [2.24, 2.45) is 0 Å². The van der Waals surface area contributed by atoms with Gasteiger partial charge in [-0.25, -0.2) is 4.98 Å². The van der Waals surface area contributed by atoms with Crippen LogP contribution >= 0.6 is 11.8 Å². The van der Waals surface area contributed by atoms with Crippen LogP contribution < -0.4 is 19.8 Å². The molecule has 10 heteroatoms. The second-order valence-electron chi connectivity index (χ2n) is 8.04. The number of hydrogen-bond donors (Lipinski definition) is 0. The summed E-state index contributed by atoms with van der Waals surface area (Å²) in [5.74, 6) is 3.31. The van der Waals surface area contributed by atoms with Gasteiger partial charge in [0, 0.05) is 18.2 Å². The number of aromatic nitrogens is 4. The zero-order valence-electron chi connectivity index (χ0n) is 19.7. The van der Waals surface area contributed by atoms with Crippen molar-refractivity contribution in [3.05, 3.63) is 52.6 Å². The Morgan fingerprint density at radius 1 is 1.06 bits per heavy atom. The largest absolute Gasteiger partial charge is 0.494 e. The predicted octanol–water partition coefficient (Wildman–Crippen LogP) is 5.06. The Balaban J connectivity index is 1.39. The van der Waals surface area contributed by atoms with Crippen molar-refractivity contribution >= 4 is 22.7 Å². The van der Waals surface area contributed by atoms with Crippen LogP contribution in [0, 0.1) is 0 Å². The van der Waals surface area contributed by atoms with Gasteiger partial charge in [0.25, 0.3) is 5.56 Å². The van der Waals surface area contributed by atoms with Crippen molar-refractivity contribution in [3.8, 4) is 28.6 Å². The molecule has 4 aromatic rings. The molecule has 182 valence electrons. The Bertz CT molecular complexity index is 1380. The van der Waals surface area contributed by atoms with Crippen LogP contribution in [-0.2, 0) is 12.3 Å². The minimum atomic E-state index is -0.0903. The summed E-state index contributed by atoms with van der Waals surface area (Å²) in [6.45, 7) is 5.42. The molecule has 0 bridgehead atoms. The maximum absolute atomic E-state index is 13.4. The lowest BCUT2D eigenvalue weighted by atomic mass is 10.2. The van der Waals surface area contributed by atoms with E-state index in [1.807, 2.05) is 31.2 Å². The quantitative estimate of drug-likeness (QED) is 0.170. The Labute approximate surface area is 206 Å². The Morgan fingerprint density at radius 2 is 1.86 bits per heavy atom. The van der Waals surface area contributed by atoms with E-state index in [1.165, 1.54) is 11.8 Å². The molecule has 2 aromatic carbocycles. The van der Waals surface area contributed by atoms with Gasteiger partial charge in [0.15, 0.2) is 16.7 Å². The van der Waals surface area contributed by atoms with Crippen molar-refractivity contribution in [2.45, 2.75) is 50.6 Å². The van der Waals surface area contributed by atoms with Gasteiger partial charge in [0.05, 0.1) is 23.3 Å². The first-order chi connectivity index (χ1) is 17.2. The van der Waals surface area contributed by atoms with Gasteiger partial charge in [0.1, 0.15) is 5.75 Å². The molecule has 3 heterocycles. The third-order valence-corrected chi connectivity index (χ3v) is 6.58. The predicted molar refractivity (Wildman–Crippen MR) is 132 cm³/mol. The molecule has 0 amide bonds. The molecule has 0 saturated carbocycles. The fourth-order valence-electron chi connectivity index (χ4n) is 3.84. The molecule has 5 rings (SSSR count). The summed E-state index contributed by atoms with van der Waals surface area (Å²) in [5, 5.41) is 5.23. The molecule has 0 N–H and O–H groups in total. The fourth-order valence-corrected chi connectivity index (χ4v) is 4.70. The van der Waals surface area contributed by atoms with Gasteiger partial charge in [-0.2, -0.15) is 4.98 Å². The highest BCUT2D eigenvalue weighted by molar-refractivity contribution is 7.98. The third kappa shape index (κ3) is 4.97. The van der Waals surface area contributed by atoms with Gasteiger partial charge >= 0.3 is 0 Å². The van der Waals surface area contributed by atoms with Crippen LogP contribution in [0.5, 0.6) is 17.2 Å². The highest BCUT2D eigenvalue weighted by Gasteiger charge is 2.20. The van der Waals surface area contributed by atoms with Gasteiger partial charge in [0.2, 0.25) is 18.5 Å². The number of unbranched alkanes of at least 4 members (excludes halogenated alkanes) is 2. The first-order valence-corrected chi connectivity index (χ1v) is 12.7. The van der Waals surface area contributed by atoms with Crippen LogP contribution in [0.2, 0.25) is 0 Å². The first-order valence-electron chi connectivity index (χ1n) is 11.7. The number of benzene rings is 2. The Morgan fingerprint density at radius 3 is 2.63 bits per heavy atom. The van der Waals surface area contributed by atoms with E-state index in [4.69, 9.17) is 23.7 Å². The number of hydrogen-bond acceptors (Lipinski definition) is 9. The normalized spacial score (nSPS) is 12.4. The number of fused-ring (bicyclic) bond motifs is 2. The molecule has 0 spiro atoms. The average Bonchev–Trinajstić information content (AvgIpc) is 3.53. The monoisotopic (exact) mass is 494 g/mol. The second kappa shape index (κ2) is 10.4. The molecular weight excluding hydrogens is 468 g/mol. The highest BCUT2D eigenvalue weighted by Crippen LogP contribution is 2.35. The van der Waals surface area contributed by atoms with E-state index in [-0.39, 0.29) is 12.4 Å². The molecule has 1 aliphatic heterocycles. The molecular formula is C25H26N4O5S. The van der Waals surface area contributed by atoms with Gasteiger partial charge < -0.3 is 18.7 Å². The third-order valence-electron chi connectivity index (χ3n) is 5.62. The van der Waals surface area contributed by atoms with Crippen molar-refractivity contribution in [3.63, 3.8) is 0 Å². The smallest absolute Gasteiger partial charge is 0.262 e. The number of ether oxygens (including phenoxy) is 3. The maximum atomic E-state index is 13.4. The van der Waals surface area contributed by atoms with Crippen LogP contribution in [0.25, 0.3) is 22.3 Å². The molecule has 0 atom stereocenters. The summed E-state index contributed by atoms with van der Waals surface area (Å²) >= 11 is 1.40. The minimum absolute atomic E-state index is 0.0903. The molecule has 1 aliphatic rings. The zero-order chi connectivity index (χ0) is 24.2. The van der Waals surface area contributed by atoms with E-state index in [1.54, 1.807) is 16.7 Å². The summed E-state index contributed by atoms with van der Waals surface area (Å²) in [7, 11) is 0. The molecule has 9 nitrogen and oxygen atoms in total. The lowest BCUT2D eigenvalue weighted by molar-refractivity contribution is 0.174. The number of nitrogens with zero attached hydrogens (tertiary/aromatic N) is 4. The van der Waals surface area contributed by atoms with Gasteiger partial charge in [-0.15, -0.1) is 0 Å². The van der Waals surface area contributed by atoms with Crippen LogP contribution in [-0.4, -0.2) is 33.1 Å². The van der Waals surface area contributed by atoms with Crippen LogP contribution in [0.1, 0.15) is 39.0 Å². The van der Waals surface area contributed by atoms with E-state index >= 15 is 0 Å². The van der Waals surface area contributed by atoms with Gasteiger partial charge in [-0.3, -0.25) is 9.36 Å². The standard InChI is InChI=1S/C25H26N4O5S/c1-3-5-6-11-29-24(30)18-12-20-21(33-15-32-20)13-19(18)26-25(29)35-14-22-27-23(28-34-22)16-7-9-17(10-8-16)31-4-2/h7-10,12-13H,3-6,11,14-15H2,1-2H3. The van der Waals surface area contributed by atoms with E-state index < -0.39 is 0 Å². The molecule has 35 heavy (non-hydrogen) atoms. The number of rotatable bonds is 10. The Hall–Kier alpha value is -3.53. The maximum Gasteiger partial charge on any atom is 0.262 e. The summed E-state index contributed by atoms with van der Waals surface area (Å²) in [6.07, 6.45) is 2.99. The fraction of sp³-hybridized carbons (Fsp3) is 0.360. The molecule has 2 aromatic heterocycles. The first kappa shape index (κ1) is 23.2. The summed E-state index contributed by atoms with van der Waals surface area (Å²) < 4.78 is 23.6. The van der Waals surface area contributed by atoms with Gasteiger partial charge in [-0.1, -0.05) is 36.7 Å². The van der Waals surface area contributed by atoms with Crippen LogP contribution in [0.3, 0.4) is 0 Å². The molecule has 0 unspecified atom stereocenters. The van der Waals surface area contributed by atoms with E-state index in [0.717, 1.165) is 30.6 Å². The number of thioether (sulfide) groups is 1. The van der Waals surface area contributed by atoms with Crippen molar-refractivity contribution in [1.29, 1.82) is 0 Å². The summed E-state index contributed by atoms with van der Waals surface area (Å²) in [6, 6.07) is 11.0. The van der Waals surface area contributed by atoms with Crippen molar-refractivity contribution in [2.75, 3.05) is 13.4 Å². The lowest BCUT2D eigenvalue weighted by Crippen LogP contribution is -2.23. The van der Waals surface area contributed by atoms with Gasteiger partial charge in [-0.05, 0) is 43.7 Å². The highest BCUT2D eigenvalue weighted by atomic mass is 32.2. The lowest BCUT2D eigenvalue weighted by Gasteiger charge is -2.12. The Kier molecular flexibility index (Phi) is 6.89. The molecule has 0 saturated heterocycles. The molecule has 0 fully saturated rings. The van der Waals surface area contributed by atoms with Crippen LogP contribution in [0.15, 0.2) is 50.9 Å². The van der Waals surface area contributed by atoms with E-state index in [2.05, 4.69) is 17.1 Å². The zero-order valence-corrected chi connectivity index (χ0v) is 20.5. The summed E-state index contributed by atoms with van der Waals surface area (Å²) in [4.78, 5) is 22.7. The topological polar surface area (TPSA) is 102 Å².